The highest BCUT2D eigenvalue weighted by Crippen LogP contribution is 2.09. The van der Waals surface area contributed by atoms with Crippen LogP contribution in [0.5, 0.6) is 5.75 Å². The third-order valence-electron chi connectivity index (χ3n) is 2.69. The molecule has 0 bridgehead atoms. The molecule has 0 aliphatic carbocycles. The predicted octanol–water partition coefficient (Wildman–Crippen LogP) is 3.24. The quantitative estimate of drug-likeness (QED) is 0.710. The van der Waals surface area contributed by atoms with Gasteiger partial charge in [0.15, 0.2) is 0 Å². The monoisotopic (exact) mass is 245 g/mol. The molecule has 0 fully saturated rings. The second-order valence-corrected chi connectivity index (χ2v) is 4.23. The van der Waals surface area contributed by atoms with Crippen LogP contribution in [-0.4, -0.2) is 19.2 Å². The molecule has 1 unspecified atom stereocenters. The van der Waals surface area contributed by atoms with Crippen molar-refractivity contribution in [3.8, 4) is 17.6 Å². The van der Waals surface area contributed by atoms with Gasteiger partial charge in [-0.1, -0.05) is 25.1 Å². The fourth-order valence-electron chi connectivity index (χ4n) is 1.69. The number of rotatable bonds is 8. The van der Waals surface area contributed by atoms with Crippen LogP contribution in [0.4, 0.5) is 0 Å². The molecule has 0 heterocycles. The van der Waals surface area contributed by atoms with Gasteiger partial charge in [0.2, 0.25) is 0 Å². The third-order valence-corrected chi connectivity index (χ3v) is 2.69. The molecule has 18 heavy (non-hydrogen) atoms. The van der Waals surface area contributed by atoms with Crippen molar-refractivity contribution in [2.24, 2.45) is 0 Å². The molecule has 0 radical (unpaired) electrons. The van der Waals surface area contributed by atoms with Gasteiger partial charge < -0.3 is 10.1 Å². The minimum Gasteiger partial charge on any atom is -0.494 e. The summed E-state index contributed by atoms with van der Waals surface area (Å²) in [4.78, 5) is 0. The van der Waals surface area contributed by atoms with Gasteiger partial charge in [0.1, 0.15) is 5.75 Å². The molecule has 1 aromatic rings. The van der Waals surface area contributed by atoms with E-state index in [1.165, 1.54) is 0 Å². The summed E-state index contributed by atoms with van der Waals surface area (Å²) in [5.74, 6) is 7.03. The van der Waals surface area contributed by atoms with E-state index in [-0.39, 0.29) is 0 Å². The van der Waals surface area contributed by atoms with Crippen molar-refractivity contribution in [1.29, 1.82) is 0 Å². The SMILES string of the molecule is CC#CCC(CCOc1ccccc1)NCCC. The first kappa shape index (κ1) is 14.6. The second kappa shape index (κ2) is 9.56. The molecule has 0 saturated carbocycles. The Morgan fingerprint density at radius 1 is 1.28 bits per heavy atom. The van der Waals surface area contributed by atoms with Gasteiger partial charge in [-0.25, -0.2) is 0 Å². The average molecular weight is 245 g/mol. The van der Waals surface area contributed by atoms with Crippen molar-refractivity contribution in [2.45, 2.75) is 39.2 Å². The fourth-order valence-corrected chi connectivity index (χ4v) is 1.69. The van der Waals surface area contributed by atoms with Crippen LogP contribution in [0.2, 0.25) is 0 Å². The predicted molar refractivity (Wildman–Crippen MR) is 76.7 cm³/mol. The summed E-state index contributed by atoms with van der Waals surface area (Å²) in [7, 11) is 0. The number of benzene rings is 1. The number of hydrogen-bond acceptors (Lipinski definition) is 2. The maximum atomic E-state index is 5.71. The van der Waals surface area contributed by atoms with Gasteiger partial charge >= 0.3 is 0 Å². The minimum atomic E-state index is 0.432. The summed E-state index contributed by atoms with van der Waals surface area (Å²) in [6.45, 7) is 5.84. The zero-order chi connectivity index (χ0) is 13.1. The first-order valence-electron chi connectivity index (χ1n) is 6.67. The fraction of sp³-hybridized carbons (Fsp3) is 0.500. The Morgan fingerprint density at radius 3 is 2.72 bits per heavy atom. The molecular weight excluding hydrogens is 222 g/mol. The van der Waals surface area contributed by atoms with E-state index in [0.717, 1.165) is 38.2 Å². The van der Waals surface area contributed by atoms with Crippen molar-refractivity contribution in [1.82, 2.24) is 5.32 Å². The summed E-state index contributed by atoms with van der Waals surface area (Å²) >= 11 is 0. The standard InChI is InChI=1S/C16H23NO/c1-3-5-9-15(17-13-4-2)12-14-18-16-10-7-6-8-11-16/h6-8,10-11,15,17H,4,9,12-14H2,1-2H3. The normalized spacial score (nSPS) is 11.4. The molecule has 0 aromatic heterocycles. The smallest absolute Gasteiger partial charge is 0.119 e. The number of nitrogens with one attached hydrogen (secondary N) is 1. The van der Waals surface area contributed by atoms with E-state index >= 15 is 0 Å². The Bertz CT molecular complexity index is 364. The highest BCUT2D eigenvalue weighted by Gasteiger charge is 2.06. The van der Waals surface area contributed by atoms with E-state index in [1.807, 2.05) is 37.3 Å². The lowest BCUT2D eigenvalue weighted by Crippen LogP contribution is -2.31. The Labute approximate surface area is 111 Å². The third kappa shape index (κ3) is 6.32. The van der Waals surface area contributed by atoms with E-state index in [4.69, 9.17) is 4.74 Å². The number of hydrogen-bond donors (Lipinski definition) is 1. The largest absolute Gasteiger partial charge is 0.494 e. The zero-order valence-corrected chi connectivity index (χ0v) is 11.4. The molecule has 0 saturated heterocycles. The second-order valence-electron chi connectivity index (χ2n) is 4.23. The summed E-state index contributed by atoms with van der Waals surface area (Å²) < 4.78 is 5.71. The highest BCUT2D eigenvalue weighted by molar-refractivity contribution is 5.20. The average Bonchev–Trinajstić information content (AvgIpc) is 2.42. The highest BCUT2D eigenvalue weighted by atomic mass is 16.5. The maximum Gasteiger partial charge on any atom is 0.119 e. The molecule has 1 rings (SSSR count). The molecule has 1 aromatic carbocycles. The van der Waals surface area contributed by atoms with Crippen molar-refractivity contribution in [3.63, 3.8) is 0 Å². The van der Waals surface area contributed by atoms with E-state index in [2.05, 4.69) is 24.1 Å². The minimum absolute atomic E-state index is 0.432. The maximum absolute atomic E-state index is 5.71. The van der Waals surface area contributed by atoms with Crippen molar-refractivity contribution in [3.05, 3.63) is 30.3 Å². The lowest BCUT2D eigenvalue weighted by atomic mass is 10.1. The molecule has 2 heteroatoms. The first-order valence-corrected chi connectivity index (χ1v) is 6.67. The van der Waals surface area contributed by atoms with Crippen LogP contribution < -0.4 is 10.1 Å². The number of ether oxygens (including phenoxy) is 1. The zero-order valence-electron chi connectivity index (χ0n) is 11.4. The Kier molecular flexibility index (Phi) is 7.75. The molecule has 0 amide bonds. The molecular formula is C16H23NO. The van der Waals surface area contributed by atoms with Gasteiger partial charge in [0.05, 0.1) is 6.61 Å². The van der Waals surface area contributed by atoms with Crippen LogP contribution in [0.25, 0.3) is 0 Å². The van der Waals surface area contributed by atoms with Crippen molar-refractivity contribution in [2.75, 3.05) is 13.2 Å². The van der Waals surface area contributed by atoms with Gasteiger partial charge in [-0.15, -0.1) is 11.8 Å². The first-order chi connectivity index (χ1) is 8.86. The molecule has 1 atom stereocenters. The van der Waals surface area contributed by atoms with E-state index in [9.17, 15) is 0 Å². The van der Waals surface area contributed by atoms with Crippen LogP contribution in [0, 0.1) is 11.8 Å². The molecule has 0 spiro atoms. The van der Waals surface area contributed by atoms with Gasteiger partial charge in [0, 0.05) is 12.5 Å². The lowest BCUT2D eigenvalue weighted by Gasteiger charge is -2.16. The molecule has 0 aliphatic rings. The van der Waals surface area contributed by atoms with Crippen LogP contribution in [-0.2, 0) is 0 Å². The van der Waals surface area contributed by atoms with E-state index < -0.39 is 0 Å². The van der Waals surface area contributed by atoms with Crippen LogP contribution in [0.1, 0.15) is 33.1 Å². The number of para-hydroxylation sites is 1. The Morgan fingerprint density at radius 2 is 2.06 bits per heavy atom. The molecule has 98 valence electrons. The van der Waals surface area contributed by atoms with Crippen molar-refractivity contribution < 1.29 is 4.74 Å². The Balaban J connectivity index is 2.29. The topological polar surface area (TPSA) is 21.3 Å². The summed E-state index contributed by atoms with van der Waals surface area (Å²) in [6, 6.07) is 10.4. The molecule has 0 aliphatic heterocycles. The summed E-state index contributed by atoms with van der Waals surface area (Å²) in [6.07, 6.45) is 3.04. The van der Waals surface area contributed by atoms with Crippen molar-refractivity contribution >= 4 is 0 Å². The van der Waals surface area contributed by atoms with Gasteiger partial charge in [-0.05, 0) is 38.4 Å². The summed E-state index contributed by atoms with van der Waals surface area (Å²) in [5.41, 5.74) is 0. The van der Waals surface area contributed by atoms with Gasteiger partial charge in [-0.2, -0.15) is 0 Å². The summed E-state index contributed by atoms with van der Waals surface area (Å²) in [5, 5.41) is 3.51. The van der Waals surface area contributed by atoms with Crippen LogP contribution >= 0.6 is 0 Å². The van der Waals surface area contributed by atoms with E-state index in [1.54, 1.807) is 0 Å². The van der Waals surface area contributed by atoms with Crippen LogP contribution in [0.15, 0.2) is 30.3 Å². The van der Waals surface area contributed by atoms with Crippen LogP contribution in [0.3, 0.4) is 0 Å². The van der Waals surface area contributed by atoms with Gasteiger partial charge in [0.25, 0.3) is 0 Å². The lowest BCUT2D eigenvalue weighted by molar-refractivity contribution is 0.286. The van der Waals surface area contributed by atoms with Gasteiger partial charge in [-0.3, -0.25) is 0 Å². The Hall–Kier alpha value is -1.46. The molecule has 1 N–H and O–H groups in total. The molecule has 2 nitrogen and oxygen atoms in total. The van der Waals surface area contributed by atoms with E-state index in [0.29, 0.717) is 6.04 Å².